The molecule has 0 aliphatic rings. The second-order valence-electron chi connectivity index (χ2n) is 4.06. The van der Waals surface area contributed by atoms with Gasteiger partial charge in [0.05, 0.1) is 0 Å². The van der Waals surface area contributed by atoms with Gasteiger partial charge >= 0.3 is 0 Å². The van der Waals surface area contributed by atoms with Crippen molar-refractivity contribution in [1.29, 1.82) is 0 Å². The van der Waals surface area contributed by atoms with Gasteiger partial charge in [-0.25, -0.2) is 0 Å². The lowest BCUT2D eigenvalue weighted by molar-refractivity contribution is -0.119. The summed E-state index contributed by atoms with van der Waals surface area (Å²) in [7, 11) is 0. The number of hydrogen-bond donors (Lipinski definition) is 2. The smallest absolute Gasteiger partial charge is 0.255 e. The highest BCUT2D eigenvalue weighted by atomic mass is 16.5. The second kappa shape index (κ2) is 6.00. The molecule has 0 heterocycles. The average Bonchev–Trinajstić information content (AvgIpc) is 2.24. The zero-order valence-corrected chi connectivity index (χ0v) is 9.69. The topological polar surface area (TPSA) is 64.3 Å². The second-order valence-corrected chi connectivity index (χ2v) is 4.06. The van der Waals surface area contributed by atoms with Gasteiger partial charge in [0.15, 0.2) is 6.61 Å². The fourth-order valence-electron chi connectivity index (χ4n) is 1.17. The minimum atomic E-state index is -0.472. The van der Waals surface area contributed by atoms with Crippen LogP contribution >= 0.6 is 0 Å². The van der Waals surface area contributed by atoms with Crippen molar-refractivity contribution in [2.75, 3.05) is 18.5 Å². The molecule has 16 heavy (non-hydrogen) atoms. The number of nitrogens with two attached hydrogens (primary N) is 1. The Morgan fingerprint density at radius 2 is 2.25 bits per heavy atom. The fourth-order valence-corrected chi connectivity index (χ4v) is 1.17. The molecule has 0 bridgehead atoms. The molecule has 0 radical (unpaired) electrons. The van der Waals surface area contributed by atoms with Crippen LogP contribution in [0.4, 0.5) is 5.69 Å². The molecular weight excluding hydrogens is 204 g/mol. The van der Waals surface area contributed by atoms with Crippen molar-refractivity contribution in [3.8, 4) is 5.75 Å². The van der Waals surface area contributed by atoms with Crippen LogP contribution < -0.4 is 15.8 Å². The number of nitrogens with one attached hydrogen (secondary N) is 1. The molecule has 1 rings (SSSR count). The predicted octanol–water partition coefficient (Wildman–Crippen LogP) is 1.62. The first-order valence-corrected chi connectivity index (χ1v) is 5.33. The molecule has 0 saturated heterocycles. The monoisotopic (exact) mass is 222 g/mol. The van der Waals surface area contributed by atoms with Crippen molar-refractivity contribution in [2.45, 2.75) is 13.8 Å². The van der Waals surface area contributed by atoms with E-state index in [1.165, 1.54) is 0 Å². The first kappa shape index (κ1) is 12.4. The van der Waals surface area contributed by atoms with Crippen molar-refractivity contribution in [2.24, 2.45) is 11.7 Å². The van der Waals surface area contributed by atoms with Gasteiger partial charge in [0.2, 0.25) is 0 Å². The molecule has 0 unspecified atom stereocenters. The normalized spacial score (nSPS) is 10.2. The van der Waals surface area contributed by atoms with Crippen LogP contribution in [0.5, 0.6) is 5.75 Å². The molecule has 0 aliphatic carbocycles. The zero-order valence-electron chi connectivity index (χ0n) is 9.69. The van der Waals surface area contributed by atoms with Gasteiger partial charge in [-0.2, -0.15) is 0 Å². The number of ether oxygens (including phenoxy) is 1. The number of carbonyl (C=O) groups excluding carboxylic acids is 1. The third kappa shape index (κ3) is 4.68. The van der Waals surface area contributed by atoms with Gasteiger partial charge in [-0.05, 0) is 18.1 Å². The largest absolute Gasteiger partial charge is 0.484 e. The molecule has 0 aromatic heterocycles. The van der Waals surface area contributed by atoms with Crippen molar-refractivity contribution < 1.29 is 9.53 Å². The van der Waals surface area contributed by atoms with E-state index in [1.54, 1.807) is 6.07 Å². The highest BCUT2D eigenvalue weighted by Crippen LogP contribution is 2.17. The molecule has 4 heteroatoms. The lowest BCUT2D eigenvalue weighted by Crippen LogP contribution is -2.20. The van der Waals surface area contributed by atoms with Crippen molar-refractivity contribution in [3.05, 3.63) is 24.3 Å². The molecule has 1 amide bonds. The van der Waals surface area contributed by atoms with Crippen molar-refractivity contribution in [3.63, 3.8) is 0 Å². The predicted molar refractivity (Wildman–Crippen MR) is 64.5 cm³/mol. The molecule has 0 spiro atoms. The first-order chi connectivity index (χ1) is 7.58. The number of anilines is 1. The number of benzene rings is 1. The Kier molecular flexibility index (Phi) is 4.64. The summed E-state index contributed by atoms with van der Waals surface area (Å²) in [5.41, 5.74) is 5.98. The first-order valence-electron chi connectivity index (χ1n) is 5.33. The van der Waals surface area contributed by atoms with E-state index in [4.69, 9.17) is 10.5 Å². The van der Waals surface area contributed by atoms with E-state index in [0.717, 1.165) is 12.2 Å². The molecule has 1 aromatic rings. The SMILES string of the molecule is CC(C)CNc1cccc(OCC(N)=O)c1. The third-order valence-corrected chi connectivity index (χ3v) is 1.93. The molecule has 4 nitrogen and oxygen atoms in total. The van der Waals surface area contributed by atoms with Crippen LogP contribution in [0.15, 0.2) is 24.3 Å². The van der Waals surface area contributed by atoms with Crippen LogP contribution in [0.3, 0.4) is 0 Å². The lowest BCUT2D eigenvalue weighted by Gasteiger charge is -2.10. The minimum absolute atomic E-state index is 0.0896. The minimum Gasteiger partial charge on any atom is -0.484 e. The summed E-state index contributed by atoms with van der Waals surface area (Å²) in [5.74, 6) is 0.753. The van der Waals surface area contributed by atoms with Crippen molar-refractivity contribution >= 4 is 11.6 Å². The van der Waals surface area contributed by atoms with Gasteiger partial charge in [-0.15, -0.1) is 0 Å². The molecule has 88 valence electrons. The maximum atomic E-state index is 10.6. The molecule has 0 atom stereocenters. The van der Waals surface area contributed by atoms with E-state index < -0.39 is 5.91 Å². The van der Waals surface area contributed by atoms with E-state index >= 15 is 0 Å². The van der Waals surface area contributed by atoms with Crippen molar-refractivity contribution in [1.82, 2.24) is 0 Å². The third-order valence-electron chi connectivity index (χ3n) is 1.93. The number of hydrogen-bond acceptors (Lipinski definition) is 3. The summed E-state index contributed by atoms with van der Waals surface area (Å²) in [6, 6.07) is 7.48. The van der Waals surface area contributed by atoms with E-state index in [2.05, 4.69) is 19.2 Å². The Morgan fingerprint density at radius 3 is 2.88 bits per heavy atom. The maximum absolute atomic E-state index is 10.6. The molecule has 1 aromatic carbocycles. The summed E-state index contributed by atoms with van der Waals surface area (Å²) >= 11 is 0. The van der Waals surface area contributed by atoms with Gasteiger partial charge in [-0.1, -0.05) is 19.9 Å². The fraction of sp³-hybridized carbons (Fsp3) is 0.417. The Morgan fingerprint density at radius 1 is 1.50 bits per heavy atom. The Labute approximate surface area is 95.8 Å². The van der Waals surface area contributed by atoms with Crippen LogP contribution in [-0.2, 0) is 4.79 Å². The van der Waals surface area contributed by atoms with E-state index in [-0.39, 0.29) is 6.61 Å². The Bertz CT molecular complexity index is 351. The lowest BCUT2D eigenvalue weighted by atomic mass is 10.2. The van der Waals surface area contributed by atoms with Crippen LogP contribution in [-0.4, -0.2) is 19.1 Å². The summed E-state index contributed by atoms with van der Waals surface area (Å²) < 4.78 is 5.20. The quantitative estimate of drug-likeness (QED) is 0.768. The zero-order chi connectivity index (χ0) is 12.0. The van der Waals surface area contributed by atoms with E-state index in [1.807, 2.05) is 18.2 Å². The van der Waals surface area contributed by atoms with Gasteiger partial charge in [0, 0.05) is 18.3 Å². The summed E-state index contributed by atoms with van der Waals surface area (Å²) in [4.78, 5) is 10.6. The molecule has 0 fully saturated rings. The van der Waals surface area contributed by atoms with Gasteiger partial charge in [0.1, 0.15) is 5.75 Å². The maximum Gasteiger partial charge on any atom is 0.255 e. The highest BCUT2D eigenvalue weighted by Gasteiger charge is 1.99. The van der Waals surface area contributed by atoms with Gasteiger partial charge < -0.3 is 15.8 Å². The summed E-state index contributed by atoms with van der Waals surface area (Å²) in [6.07, 6.45) is 0. The van der Waals surface area contributed by atoms with Crippen LogP contribution in [0, 0.1) is 5.92 Å². The summed E-state index contributed by atoms with van der Waals surface area (Å²) in [5, 5.41) is 3.28. The van der Waals surface area contributed by atoms with Crippen LogP contribution in [0.1, 0.15) is 13.8 Å². The molecular formula is C12H18N2O2. The van der Waals surface area contributed by atoms with Crippen LogP contribution in [0.25, 0.3) is 0 Å². The molecule has 0 aliphatic heterocycles. The highest BCUT2D eigenvalue weighted by molar-refractivity contribution is 5.75. The van der Waals surface area contributed by atoms with Gasteiger partial charge in [-0.3, -0.25) is 4.79 Å². The Hall–Kier alpha value is -1.71. The number of primary amides is 1. The molecule has 3 N–H and O–H groups in total. The van der Waals surface area contributed by atoms with Gasteiger partial charge in [0.25, 0.3) is 5.91 Å². The number of rotatable bonds is 6. The van der Waals surface area contributed by atoms with E-state index in [0.29, 0.717) is 11.7 Å². The number of carbonyl (C=O) groups is 1. The van der Waals surface area contributed by atoms with E-state index in [9.17, 15) is 4.79 Å². The summed E-state index contributed by atoms with van der Waals surface area (Å²) in [6.45, 7) is 5.09. The van der Waals surface area contributed by atoms with Crippen LogP contribution in [0.2, 0.25) is 0 Å². The molecule has 0 saturated carbocycles. The Balaban J connectivity index is 2.53. The standard InChI is InChI=1S/C12H18N2O2/c1-9(2)7-14-10-4-3-5-11(6-10)16-8-12(13)15/h3-6,9,14H,7-8H2,1-2H3,(H2,13,15). The number of amides is 1. The average molecular weight is 222 g/mol.